The topological polar surface area (TPSA) is 47.0 Å². The van der Waals surface area contributed by atoms with Gasteiger partial charge in [-0.15, -0.1) is 0 Å². The molecule has 3 aromatic rings. The van der Waals surface area contributed by atoms with E-state index in [0.717, 1.165) is 15.6 Å². The smallest absolute Gasteiger partial charge is 0.387 e. The number of ether oxygens (including phenoxy) is 1. The van der Waals surface area contributed by atoms with Crippen LogP contribution in [0.15, 0.2) is 54.9 Å². The van der Waals surface area contributed by atoms with Crippen LogP contribution in [0.4, 0.5) is 13.9 Å². The molecule has 2 aromatic heterocycles. The first-order valence-electron chi connectivity index (χ1n) is 6.85. The number of rotatable bonds is 6. The molecule has 0 spiro atoms. The molecule has 0 aliphatic rings. The maximum Gasteiger partial charge on any atom is 0.387 e. The summed E-state index contributed by atoms with van der Waals surface area (Å²) in [6.07, 6.45) is 3.09. The first-order chi connectivity index (χ1) is 11.2. The van der Waals surface area contributed by atoms with E-state index >= 15 is 0 Å². The van der Waals surface area contributed by atoms with E-state index in [4.69, 9.17) is 0 Å². The number of benzene rings is 1. The molecule has 1 N–H and O–H groups in total. The van der Waals surface area contributed by atoms with Crippen LogP contribution in [0, 0.1) is 0 Å². The van der Waals surface area contributed by atoms with Crippen molar-refractivity contribution in [2.75, 3.05) is 5.32 Å². The second-order valence-electron chi connectivity index (χ2n) is 4.61. The van der Waals surface area contributed by atoms with Crippen LogP contribution in [-0.2, 0) is 6.54 Å². The van der Waals surface area contributed by atoms with Gasteiger partial charge in [0.15, 0.2) is 5.13 Å². The number of aromatic nitrogens is 2. The monoisotopic (exact) mass is 333 g/mol. The number of alkyl halides is 2. The quantitative estimate of drug-likeness (QED) is 0.725. The third-order valence-corrected chi connectivity index (χ3v) is 4.01. The lowest BCUT2D eigenvalue weighted by molar-refractivity contribution is -0.0500. The molecule has 7 heteroatoms. The zero-order chi connectivity index (χ0) is 16.1. The third-order valence-electron chi connectivity index (χ3n) is 3.01. The highest BCUT2D eigenvalue weighted by molar-refractivity contribution is 7.18. The number of hydrogen-bond donors (Lipinski definition) is 1. The molecular weight excluding hydrogens is 320 g/mol. The highest BCUT2D eigenvalue weighted by Gasteiger charge is 2.06. The van der Waals surface area contributed by atoms with E-state index in [2.05, 4.69) is 20.0 Å². The Hall–Kier alpha value is -2.54. The average Bonchev–Trinajstić information content (AvgIpc) is 3.04. The van der Waals surface area contributed by atoms with E-state index in [1.807, 2.05) is 36.5 Å². The molecule has 2 heterocycles. The normalized spacial score (nSPS) is 10.7. The number of anilines is 1. The summed E-state index contributed by atoms with van der Waals surface area (Å²) in [5, 5.41) is 3.94. The number of pyridine rings is 1. The van der Waals surface area contributed by atoms with E-state index in [1.54, 1.807) is 17.4 Å². The maximum atomic E-state index is 12.1. The van der Waals surface area contributed by atoms with Gasteiger partial charge in [0.25, 0.3) is 0 Å². The molecule has 0 fully saturated rings. The lowest BCUT2D eigenvalue weighted by atomic mass is 10.2. The summed E-state index contributed by atoms with van der Waals surface area (Å²) >= 11 is 1.54. The Bertz CT molecular complexity index is 748. The molecule has 0 radical (unpaired) electrons. The SMILES string of the molecule is FC(F)Oc1ccc(CNc2ncc(-c3ccccc3)s2)nc1. The van der Waals surface area contributed by atoms with Crippen molar-refractivity contribution >= 4 is 16.5 Å². The van der Waals surface area contributed by atoms with E-state index in [0.29, 0.717) is 12.2 Å². The second kappa shape index (κ2) is 7.15. The van der Waals surface area contributed by atoms with Crippen molar-refractivity contribution < 1.29 is 13.5 Å². The maximum absolute atomic E-state index is 12.1. The van der Waals surface area contributed by atoms with Gasteiger partial charge in [-0.25, -0.2) is 4.98 Å². The van der Waals surface area contributed by atoms with Gasteiger partial charge in [-0.05, 0) is 17.7 Å². The summed E-state index contributed by atoms with van der Waals surface area (Å²) in [5.41, 5.74) is 1.83. The van der Waals surface area contributed by atoms with Crippen molar-refractivity contribution in [2.45, 2.75) is 13.2 Å². The summed E-state index contributed by atoms with van der Waals surface area (Å²) in [7, 11) is 0. The number of hydrogen-bond acceptors (Lipinski definition) is 5. The van der Waals surface area contributed by atoms with Crippen LogP contribution in [0.1, 0.15) is 5.69 Å². The van der Waals surface area contributed by atoms with Crippen LogP contribution < -0.4 is 10.1 Å². The summed E-state index contributed by atoms with van der Waals surface area (Å²) < 4.78 is 28.4. The number of halogens is 2. The predicted octanol–water partition coefficient (Wildman–Crippen LogP) is 4.42. The standard InChI is InChI=1S/C16H13F2N3OS/c17-15(18)22-13-7-6-12(19-9-13)8-20-16-21-10-14(23-16)11-4-2-1-3-5-11/h1-7,9-10,15H,8H2,(H,20,21). The van der Waals surface area contributed by atoms with E-state index in [1.165, 1.54) is 12.3 Å². The Morgan fingerprint density at radius 2 is 1.87 bits per heavy atom. The van der Waals surface area contributed by atoms with Crippen LogP contribution in [0.5, 0.6) is 5.75 Å². The van der Waals surface area contributed by atoms with Crippen molar-refractivity contribution in [3.8, 4) is 16.2 Å². The van der Waals surface area contributed by atoms with Gasteiger partial charge >= 0.3 is 6.61 Å². The lowest BCUT2D eigenvalue weighted by Crippen LogP contribution is -2.04. The van der Waals surface area contributed by atoms with Crippen molar-refractivity contribution in [1.29, 1.82) is 0 Å². The molecule has 0 bridgehead atoms. The van der Waals surface area contributed by atoms with Crippen LogP contribution in [-0.4, -0.2) is 16.6 Å². The lowest BCUT2D eigenvalue weighted by Gasteiger charge is -2.05. The molecule has 0 atom stereocenters. The molecule has 3 rings (SSSR count). The fourth-order valence-electron chi connectivity index (χ4n) is 1.95. The van der Waals surface area contributed by atoms with Gasteiger partial charge in [0.2, 0.25) is 0 Å². The molecule has 0 saturated carbocycles. The summed E-state index contributed by atoms with van der Waals surface area (Å²) in [4.78, 5) is 9.46. The van der Waals surface area contributed by atoms with Crippen molar-refractivity contribution in [3.05, 3.63) is 60.6 Å². The van der Waals surface area contributed by atoms with E-state index in [9.17, 15) is 8.78 Å². The molecule has 118 valence electrons. The fraction of sp³-hybridized carbons (Fsp3) is 0.125. The molecule has 0 aliphatic heterocycles. The Balaban J connectivity index is 1.59. The molecule has 1 aromatic carbocycles. The first kappa shape index (κ1) is 15.4. The molecule has 0 amide bonds. The van der Waals surface area contributed by atoms with E-state index < -0.39 is 6.61 Å². The highest BCUT2D eigenvalue weighted by atomic mass is 32.1. The van der Waals surface area contributed by atoms with Crippen LogP contribution >= 0.6 is 11.3 Å². The minimum atomic E-state index is -2.84. The zero-order valence-corrected chi connectivity index (χ0v) is 12.8. The minimum absolute atomic E-state index is 0.0457. The van der Waals surface area contributed by atoms with Gasteiger partial charge in [-0.1, -0.05) is 41.7 Å². The largest absolute Gasteiger partial charge is 0.433 e. The van der Waals surface area contributed by atoms with Crippen LogP contribution in [0.2, 0.25) is 0 Å². The minimum Gasteiger partial charge on any atom is -0.433 e. The predicted molar refractivity (Wildman–Crippen MR) is 85.7 cm³/mol. The third kappa shape index (κ3) is 4.23. The Morgan fingerprint density at radius 1 is 1.04 bits per heavy atom. The summed E-state index contributed by atoms with van der Waals surface area (Å²) in [6, 6.07) is 13.1. The molecule has 0 saturated heterocycles. The molecule has 4 nitrogen and oxygen atoms in total. The number of nitrogens with zero attached hydrogens (tertiary/aromatic N) is 2. The van der Waals surface area contributed by atoms with Gasteiger partial charge < -0.3 is 10.1 Å². The van der Waals surface area contributed by atoms with Crippen LogP contribution in [0.3, 0.4) is 0 Å². The molecule has 0 unspecified atom stereocenters. The van der Waals surface area contributed by atoms with Gasteiger partial charge in [0.1, 0.15) is 5.75 Å². The van der Waals surface area contributed by atoms with Crippen molar-refractivity contribution in [1.82, 2.24) is 9.97 Å². The molecule has 0 aliphatic carbocycles. The zero-order valence-electron chi connectivity index (χ0n) is 11.9. The number of thiazole rings is 1. The Labute approximate surface area is 135 Å². The second-order valence-corrected chi connectivity index (χ2v) is 5.64. The summed E-state index contributed by atoms with van der Waals surface area (Å²) in [5.74, 6) is 0.0457. The van der Waals surface area contributed by atoms with Crippen molar-refractivity contribution in [2.24, 2.45) is 0 Å². The van der Waals surface area contributed by atoms with E-state index in [-0.39, 0.29) is 5.75 Å². The molecule has 23 heavy (non-hydrogen) atoms. The van der Waals surface area contributed by atoms with Gasteiger partial charge in [0, 0.05) is 6.20 Å². The van der Waals surface area contributed by atoms with Gasteiger partial charge in [0.05, 0.1) is 23.3 Å². The number of nitrogens with one attached hydrogen (secondary N) is 1. The first-order valence-corrected chi connectivity index (χ1v) is 7.67. The summed E-state index contributed by atoms with van der Waals surface area (Å²) in [6.45, 7) is -2.39. The van der Waals surface area contributed by atoms with Gasteiger partial charge in [-0.3, -0.25) is 4.98 Å². The van der Waals surface area contributed by atoms with Crippen molar-refractivity contribution in [3.63, 3.8) is 0 Å². The molecular formula is C16H13F2N3OS. The average molecular weight is 333 g/mol. The Kier molecular flexibility index (Phi) is 4.77. The van der Waals surface area contributed by atoms with Crippen LogP contribution in [0.25, 0.3) is 10.4 Å². The Morgan fingerprint density at radius 3 is 2.57 bits per heavy atom. The highest BCUT2D eigenvalue weighted by Crippen LogP contribution is 2.28. The van der Waals surface area contributed by atoms with Gasteiger partial charge in [-0.2, -0.15) is 8.78 Å². The fourth-order valence-corrected chi connectivity index (χ4v) is 2.76.